The van der Waals surface area contributed by atoms with Crippen LogP contribution in [0.25, 0.3) is 16.0 Å². The number of amides is 1. The van der Waals surface area contributed by atoms with Crippen molar-refractivity contribution in [2.75, 3.05) is 4.90 Å². The molecule has 4 aromatic rings. The Labute approximate surface area is 199 Å². The van der Waals surface area contributed by atoms with Crippen LogP contribution in [0, 0.1) is 13.8 Å². The minimum atomic E-state index is -0.856. The molecule has 3 aromatic carbocycles. The van der Waals surface area contributed by atoms with E-state index in [-0.39, 0.29) is 11.3 Å². The maximum atomic E-state index is 13.3. The molecule has 7 heteroatoms. The number of ketones is 1. The van der Waals surface area contributed by atoms with Crippen LogP contribution in [-0.4, -0.2) is 21.8 Å². The topological polar surface area (TPSA) is 70.5 Å². The lowest BCUT2D eigenvalue weighted by atomic mass is 9.95. The summed E-state index contributed by atoms with van der Waals surface area (Å²) in [6.45, 7) is 3.97. The third kappa shape index (κ3) is 3.61. The van der Waals surface area contributed by atoms with Crippen LogP contribution in [0.2, 0.25) is 5.02 Å². The number of fused-ring (bicyclic) bond motifs is 1. The second kappa shape index (κ2) is 8.14. The van der Waals surface area contributed by atoms with Crippen LogP contribution in [-0.2, 0) is 9.59 Å². The first-order chi connectivity index (χ1) is 15.8. The number of carbonyl (C=O) groups excluding carboxylic acids is 2. The Kier molecular flexibility index (Phi) is 5.27. The molecular weight excluding hydrogens is 456 g/mol. The molecule has 0 saturated carbocycles. The Hall–Kier alpha value is -3.48. The molecule has 2 heterocycles. The standard InChI is InChI=1S/C26H19ClN2O3S/c1-14-11-15(2)21-19(12-14)33-26(28-21)29-22(17-9-6-10-18(27)13-17)20(24(31)25(29)32)23(30)16-7-4-3-5-8-16/h3-13,22,30H,1-2H3. The zero-order valence-electron chi connectivity index (χ0n) is 17.9. The molecule has 0 bridgehead atoms. The van der Waals surface area contributed by atoms with Crippen LogP contribution < -0.4 is 4.90 Å². The van der Waals surface area contributed by atoms with Gasteiger partial charge in [0.25, 0.3) is 5.78 Å². The van der Waals surface area contributed by atoms with E-state index in [0.717, 1.165) is 21.3 Å². The SMILES string of the molecule is Cc1cc(C)c2nc(N3C(=O)C(=O)C(=C(O)c4ccccc4)C3c3cccc(Cl)c3)sc2c1. The molecule has 1 amide bonds. The molecule has 5 nitrogen and oxygen atoms in total. The van der Waals surface area contributed by atoms with Crippen LogP contribution in [0.15, 0.2) is 72.3 Å². The molecule has 0 spiro atoms. The summed E-state index contributed by atoms with van der Waals surface area (Å²) < 4.78 is 0.928. The first kappa shape index (κ1) is 21.4. The van der Waals surface area contributed by atoms with Crippen molar-refractivity contribution in [1.29, 1.82) is 0 Å². The summed E-state index contributed by atoms with van der Waals surface area (Å²) in [6.07, 6.45) is 0. The Morgan fingerprint density at radius 2 is 1.79 bits per heavy atom. The number of hydrogen-bond donors (Lipinski definition) is 1. The highest BCUT2D eigenvalue weighted by atomic mass is 35.5. The molecule has 0 aliphatic carbocycles. The van der Waals surface area contributed by atoms with Gasteiger partial charge in [0.05, 0.1) is 21.8 Å². The van der Waals surface area contributed by atoms with Crippen LogP contribution in [0.4, 0.5) is 5.13 Å². The largest absolute Gasteiger partial charge is 0.507 e. The smallest absolute Gasteiger partial charge is 0.301 e. The van der Waals surface area contributed by atoms with Gasteiger partial charge in [0, 0.05) is 10.6 Å². The van der Waals surface area contributed by atoms with E-state index in [0.29, 0.717) is 21.3 Å². The van der Waals surface area contributed by atoms with Gasteiger partial charge in [-0.3, -0.25) is 14.5 Å². The quantitative estimate of drug-likeness (QED) is 0.218. The van der Waals surface area contributed by atoms with E-state index in [1.54, 1.807) is 48.5 Å². The predicted molar refractivity (Wildman–Crippen MR) is 132 cm³/mol. The number of anilines is 1. The van der Waals surface area contributed by atoms with Crippen molar-refractivity contribution in [2.45, 2.75) is 19.9 Å². The number of carbonyl (C=O) groups is 2. The summed E-state index contributed by atoms with van der Waals surface area (Å²) in [5.41, 5.74) is 3.96. The molecule has 1 fully saturated rings. The van der Waals surface area contributed by atoms with Crippen LogP contribution in [0.3, 0.4) is 0 Å². The number of aliphatic hydroxyl groups excluding tert-OH is 1. The third-order valence-corrected chi connectivity index (χ3v) is 6.92. The van der Waals surface area contributed by atoms with Gasteiger partial charge in [-0.2, -0.15) is 0 Å². The van der Waals surface area contributed by atoms with Crippen molar-refractivity contribution >= 4 is 55.7 Å². The summed E-state index contributed by atoms with van der Waals surface area (Å²) in [5.74, 6) is -1.71. The van der Waals surface area contributed by atoms with Gasteiger partial charge >= 0.3 is 5.91 Å². The van der Waals surface area contributed by atoms with E-state index in [1.165, 1.54) is 16.2 Å². The summed E-state index contributed by atoms with van der Waals surface area (Å²) in [7, 11) is 0. The predicted octanol–water partition coefficient (Wildman–Crippen LogP) is 6.19. The average molecular weight is 475 g/mol. The minimum absolute atomic E-state index is 0.0145. The molecule has 1 atom stereocenters. The Bertz CT molecular complexity index is 1460. The van der Waals surface area contributed by atoms with Gasteiger partial charge in [-0.15, -0.1) is 0 Å². The highest BCUT2D eigenvalue weighted by molar-refractivity contribution is 7.22. The van der Waals surface area contributed by atoms with Crippen molar-refractivity contribution in [1.82, 2.24) is 4.98 Å². The normalized spacial score (nSPS) is 17.8. The lowest BCUT2D eigenvalue weighted by molar-refractivity contribution is -0.132. The molecule has 0 radical (unpaired) electrons. The van der Waals surface area contributed by atoms with Crippen molar-refractivity contribution in [3.8, 4) is 0 Å². The molecule has 1 aliphatic rings. The maximum absolute atomic E-state index is 13.3. The third-order valence-electron chi connectivity index (χ3n) is 5.68. The summed E-state index contributed by atoms with van der Waals surface area (Å²) >= 11 is 7.60. The number of benzene rings is 3. The van der Waals surface area contributed by atoms with Gasteiger partial charge in [-0.1, -0.05) is 71.5 Å². The number of thiazole rings is 1. The number of aryl methyl sites for hydroxylation is 2. The van der Waals surface area contributed by atoms with Gasteiger partial charge in [0.2, 0.25) is 0 Å². The molecule has 33 heavy (non-hydrogen) atoms. The monoisotopic (exact) mass is 474 g/mol. The molecular formula is C26H19ClN2O3S. The lowest BCUT2D eigenvalue weighted by Gasteiger charge is -2.23. The molecule has 1 unspecified atom stereocenters. The van der Waals surface area contributed by atoms with E-state index in [9.17, 15) is 14.7 Å². The summed E-state index contributed by atoms with van der Waals surface area (Å²) in [5, 5.41) is 12.0. The molecule has 1 N–H and O–H groups in total. The van der Waals surface area contributed by atoms with Crippen LogP contribution in [0.5, 0.6) is 0 Å². The zero-order valence-corrected chi connectivity index (χ0v) is 19.4. The zero-order chi connectivity index (χ0) is 23.3. The van der Waals surface area contributed by atoms with Crippen molar-refractivity contribution in [3.63, 3.8) is 0 Å². The van der Waals surface area contributed by atoms with Crippen molar-refractivity contribution < 1.29 is 14.7 Å². The fourth-order valence-corrected chi connectivity index (χ4v) is 5.60. The second-order valence-corrected chi connectivity index (χ2v) is 9.46. The minimum Gasteiger partial charge on any atom is -0.507 e. The van der Waals surface area contributed by atoms with Gasteiger partial charge in [-0.05, 0) is 48.7 Å². The summed E-state index contributed by atoms with van der Waals surface area (Å²) in [6, 6.07) is 18.9. The second-order valence-electron chi connectivity index (χ2n) is 8.02. The van der Waals surface area contributed by atoms with Gasteiger partial charge in [-0.25, -0.2) is 4.98 Å². The van der Waals surface area contributed by atoms with Gasteiger partial charge < -0.3 is 5.11 Å². The van der Waals surface area contributed by atoms with Crippen molar-refractivity contribution in [2.24, 2.45) is 0 Å². The van der Waals surface area contributed by atoms with E-state index in [1.807, 2.05) is 32.0 Å². The molecule has 1 aliphatic heterocycles. The fraction of sp³-hybridized carbons (Fsp3) is 0.115. The van der Waals surface area contributed by atoms with E-state index in [4.69, 9.17) is 16.6 Å². The number of hydrogen-bond acceptors (Lipinski definition) is 5. The van der Waals surface area contributed by atoms with E-state index >= 15 is 0 Å². The Balaban J connectivity index is 1.76. The molecule has 164 valence electrons. The highest BCUT2D eigenvalue weighted by Crippen LogP contribution is 2.45. The number of nitrogens with zero attached hydrogens (tertiary/aromatic N) is 2. The number of Topliss-reactive ketones (excluding diaryl/α,β-unsaturated/α-hetero) is 1. The Morgan fingerprint density at radius 3 is 2.52 bits per heavy atom. The maximum Gasteiger partial charge on any atom is 0.301 e. The number of aromatic nitrogens is 1. The van der Waals surface area contributed by atoms with Crippen LogP contribution in [0.1, 0.15) is 28.3 Å². The van der Waals surface area contributed by atoms with Crippen LogP contribution >= 0.6 is 22.9 Å². The number of rotatable bonds is 3. The number of halogens is 1. The van der Waals surface area contributed by atoms with Gasteiger partial charge in [0.15, 0.2) is 5.13 Å². The summed E-state index contributed by atoms with van der Waals surface area (Å²) in [4.78, 5) is 32.7. The fourth-order valence-electron chi connectivity index (χ4n) is 4.24. The molecule has 5 rings (SSSR count). The van der Waals surface area contributed by atoms with E-state index < -0.39 is 17.7 Å². The molecule has 1 aromatic heterocycles. The first-order valence-corrected chi connectivity index (χ1v) is 11.5. The lowest BCUT2D eigenvalue weighted by Crippen LogP contribution is -2.29. The Morgan fingerprint density at radius 1 is 1.03 bits per heavy atom. The first-order valence-electron chi connectivity index (χ1n) is 10.3. The van der Waals surface area contributed by atoms with Gasteiger partial charge in [0.1, 0.15) is 5.76 Å². The highest BCUT2D eigenvalue weighted by Gasteiger charge is 2.48. The van der Waals surface area contributed by atoms with Crippen molar-refractivity contribution in [3.05, 3.63) is 99.6 Å². The number of aliphatic hydroxyl groups is 1. The van der Waals surface area contributed by atoms with E-state index in [2.05, 4.69) is 0 Å². The average Bonchev–Trinajstić information content (AvgIpc) is 3.33. The molecule has 1 saturated heterocycles.